The van der Waals surface area contributed by atoms with Crippen LogP contribution in [-0.2, 0) is 0 Å². The molecule has 0 radical (unpaired) electrons. The van der Waals surface area contributed by atoms with E-state index < -0.39 is 0 Å². The van der Waals surface area contributed by atoms with Crippen LogP contribution in [0, 0.1) is 0 Å². The number of rotatable bonds is 7. The van der Waals surface area contributed by atoms with Crippen molar-refractivity contribution in [3.8, 4) is 77.9 Å². The fraction of sp³-hybridized carbons (Fsp3) is 0. The molecule has 72 heavy (non-hydrogen) atoms. The second-order valence-corrected chi connectivity index (χ2v) is 19.0. The summed E-state index contributed by atoms with van der Waals surface area (Å²) in [5.41, 5.74) is 17.1. The molecule has 0 heteroatoms. The molecule has 0 N–H and O–H groups in total. The third-order valence-electron chi connectivity index (χ3n) is 15.0. The van der Waals surface area contributed by atoms with Crippen molar-refractivity contribution < 1.29 is 0 Å². The number of hydrogen-bond acceptors (Lipinski definition) is 0. The third kappa shape index (κ3) is 6.68. The molecule has 0 aliphatic rings. The van der Waals surface area contributed by atoms with Crippen LogP contribution in [0.15, 0.2) is 279 Å². The molecular weight excluding hydrogens is 865 g/mol. The Kier molecular flexibility index (Phi) is 9.96. The molecule has 0 spiro atoms. The molecule has 0 aliphatic heterocycles. The van der Waals surface area contributed by atoms with Crippen molar-refractivity contribution in [1.82, 2.24) is 0 Å². The van der Waals surface area contributed by atoms with E-state index in [-0.39, 0.29) is 0 Å². The first kappa shape index (κ1) is 41.6. The minimum atomic E-state index is 1.17. The Bertz CT molecular complexity index is 4060. The highest BCUT2D eigenvalue weighted by molar-refractivity contribution is 6.25. The summed E-state index contributed by atoms with van der Waals surface area (Å²) in [6.07, 6.45) is 0. The molecular formula is C72H46. The number of benzene rings is 14. The van der Waals surface area contributed by atoms with Gasteiger partial charge in [0.05, 0.1) is 0 Å². The third-order valence-corrected chi connectivity index (χ3v) is 15.0. The van der Waals surface area contributed by atoms with Crippen LogP contribution in [0.3, 0.4) is 0 Å². The monoisotopic (exact) mass is 910 g/mol. The van der Waals surface area contributed by atoms with Crippen LogP contribution in [0.4, 0.5) is 0 Å². The van der Waals surface area contributed by atoms with Gasteiger partial charge in [0, 0.05) is 0 Å². The topological polar surface area (TPSA) is 0 Å². The van der Waals surface area contributed by atoms with Crippen molar-refractivity contribution in [1.29, 1.82) is 0 Å². The maximum absolute atomic E-state index is 2.48. The van der Waals surface area contributed by atoms with Gasteiger partial charge in [0.1, 0.15) is 0 Å². The second kappa shape index (κ2) is 17.2. The zero-order valence-electron chi connectivity index (χ0n) is 39.6. The van der Waals surface area contributed by atoms with Gasteiger partial charge >= 0.3 is 0 Å². The molecule has 0 aliphatic carbocycles. The summed E-state index contributed by atoms with van der Waals surface area (Å²) in [6, 6.07) is 103. The summed E-state index contributed by atoms with van der Waals surface area (Å²) in [5.74, 6) is 0. The molecule has 0 amide bonds. The van der Waals surface area contributed by atoms with E-state index in [2.05, 4.69) is 279 Å². The lowest BCUT2D eigenvalue weighted by Gasteiger charge is -2.22. The largest absolute Gasteiger partial charge is 0.0622 e. The van der Waals surface area contributed by atoms with Gasteiger partial charge in [-0.05, 0) is 161 Å². The Balaban J connectivity index is 1.12. The van der Waals surface area contributed by atoms with Gasteiger partial charge in [-0.25, -0.2) is 0 Å². The summed E-state index contributed by atoms with van der Waals surface area (Å²) in [5, 5.41) is 14.8. The fourth-order valence-corrected chi connectivity index (χ4v) is 12.1. The van der Waals surface area contributed by atoms with Crippen molar-refractivity contribution in [2.45, 2.75) is 0 Å². The van der Waals surface area contributed by atoms with Crippen molar-refractivity contribution in [3.63, 3.8) is 0 Å². The van der Waals surface area contributed by atoms with Gasteiger partial charge in [0.2, 0.25) is 0 Å². The smallest absolute Gasteiger partial charge is 0.00201 e. The summed E-state index contributed by atoms with van der Waals surface area (Å²) < 4.78 is 0. The molecule has 0 unspecified atom stereocenters. The molecule has 14 aromatic rings. The van der Waals surface area contributed by atoms with Crippen LogP contribution in [0.5, 0.6) is 0 Å². The van der Waals surface area contributed by atoms with Crippen LogP contribution < -0.4 is 0 Å². The van der Waals surface area contributed by atoms with Crippen LogP contribution in [0.25, 0.3) is 143 Å². The molecule has 14 aromatic carbocycles. The molecule has 0 saturated heterocycles. The van der Waals surface area contributed by atoms with E-state index in [0.717, 1.165) is 0 Å². The molecule has 0 aromatic heterocycles. The Morgan fingerprint density at radius 2 is 0.319 bits per heavy atom. The second-order valence-electron chi connectivity index (χ2n) is 19.0. The number of fused-ring (bicyclic) bond motifs is 6. The molecule has 0 bridgehead atoms. The molecule has 0 fully saturated rings. The van der Waals surface area contributed by atoms with Crippen molar-refractivity contribution >= 4 is 64.6 Å². The van der Waals surface area contributed by atoms with Crippen LogP contribution in [0.2, 0.25) is 0 Å². The van der Waals surface area contributed by atoms with Gasteiger partial charge < -0.3 is 0 Å². The molecule has 0 atom stereocenters. The lowest BCUT2D eigenvalue weighted by molar-refractivity contribution is 1.59. The number of hydrogen-bond donors (Lipinski definition) is 0. The van der Waals surface area contributed by atoms with Crippen molar-refractivity contribution in [2.75, 3.05) is 0 Å². The van der Waals surface area contributed by atoms with Gasteiger partial charge in [0.25, 0.3) is 0 Å². The van der Waals surface area contributed by atoms with Gasteiger partial charge in [0.15, 0.2) is 0 Å². The minimum Gasteiger partial charge on any atom is -0.0622 e. The van der Waals surface area contributed by atoms with Crippen molar-refractivity contribution in [3.05, 3.63) is 279 Å². The first-order valence-electron chi connectivity index (χ1n) is 25.0. The highest BCUT2D eigenvalue weighted by Crippen LogP contribution is 2.51. The lowest BCUT2D eigenvalue weighted by atomic mass is 9.81. The maximum Gasteiger partial charge on any atom is -0.00201 e. The SMILES string of the molecule is c1ccc(-c2c3ccccc3c(-c3cc(-c4ccccc4-c4c5ccccc5c(-c5ccccc5)c5ccccc45)cc(-c4c5ccccc5c(-c5ccccc5)c5ccccc45)c3)c3ccccc23)cc1. The van der Waals surface area contributed by atoms with E-state index in [1.165, 1.54) is 143 Å². The van der Waals surface area contributed by atoms with E-state index in [9.17, 15) is 0 Å². The van der Waals surface area contributed by atoms with Gasteiger partial charge in [-0.15, -0.1) is 0 Å². The van der Waals surface area contributed by atoms with Crippen molar-refractivity contribution in [2.24, 2.45) is 0 Å². The summed E-state index contributed by atoms with van der Waals surface area (Å²) >= 11 is 0. The van der Waals surface area contributed by atoms with E-state index in [0.29, 0.717) is 0 Å². The van der Waals surface area contributed by atoms with E-state index in [1.807, 2.05) is 0 Å². The predicted octanol–water partition coefficient (Wildman–Crippen LogP) is 20.3. The summed E-state index contributed by atoms with van der Waals surface area (Å²) in [7, 11) is 0. The Labute approximate surface area is 419 Å². The maximum atomic E-state index is 2.48. The fourth-order valence-electron chi connectivity index (χ4n) is 12.1. The quantitative estimate of drug-likeness (QED) is 0.140. The molecule has 0 heterocycles. The molecule has 334 valence electrons. The molecule has 0 saturated carbocycles. The van der Waals surface area contributed by atoms with Gasteiger partial charge in [-0.3, -0.25) is 0 Å². The first-order chi connectivity index (χ1) is 35.8. The predicted molar refractivity (Wildman–Crippen MR) is 310 cm³/mol. The zero-order chi connectivity index (χ0) is 47.5. The standard InChI is InChI=1S/C72H46/c1-4-24-47(25-5-1)67-55-32-12-16-36-59(55)70(60-37-17-13-33-56(60)67)51-44-50(45-52(46-51)71-61-38-18-14-34-57(61)68(48-26-6-2-7-27-48)58-35-15-19-39-62(58)71)53-30-10-11-31-54(53)72-65-42-22-20-40-63(65)69(49-28-8-3-9-29-49)64-41-21-23-43-66(64)72/h1-46H. The summed E-state index contributed by atoms with van der Waals surface area (Å²) in [6.45, 7) is 0. The van der Waals surface area contributed by atoms with Gasteiger partial charge in [-0.2, -0.15) is 0 Å². The Hall–Kier alpha value is -9.36. The van der Waals surface area contributed by atoms with Crippen LogP contribution in [0.1, 0.15) is 0 Å². The van der Waals surface area contributed by atoms with E-state index >= 15 is 0 Å². The van der Waals surface area contributed by atoms with Gasteiger partial charge in [-0.1, -0.05) is 261 Å². The first-order valence-corrected chi connectivity index (χ1v) is 25.0. The van der Waals surface area contributed by atoms with E-state index in [1.54, 1.807) is 0 Å². The van der Waals surface area contributed by atoms with Crippen LogP contribution >= 0.6 is 0 Å². The molecule has 0 nitrogen and oxygen atoms in total. The normalized spacial score (nSPS) is 11.6. The average molecular weight is 911 g/mol. The Morgan fingerprint density at radius 1 is 0.125 bits per heavy atom. The lowest BCUT2D eigenvalue weighted by Crippen LogP contribution is -1.95. The highest BCUT2D eigenvalue weighted by atomic mass is 14.3. The summed E-state index contributed by atoms with van der Waals surface area (Å²) in [4.78, 5) is 0. The Morgan fingerprint density at radius 3 is 0.597 bits per heavy atom. The average Bonchev–Trinajstić information content (AvgIpc) is 3.45. The van der Waals surface area contributed by atoms with E-state index in [4.69, 9.17) is 0 Å². The minimum absolute atomic E-state index is 1.17. The molecule has 14 rings (SSSR count). The highest BCUT2D eigenvalue weighted by Gasteiger charge is 2.23. The zero-order valence-corrected chi connectivity index (χ0v) is 39.6. The van der Waals surface area contributed by atoms with Crippen LogP contribution in [-0.4, -0.2) is 0 Å².